The van der Waals surface area contributed by atoms with Crippen LogP contribution in [0.2, 0.25) is 0 Å². The van der Waals surface area contributed by atoms with Crippen LogP contribution in [0.4, 0.5) is 5.69 Å². The van der Waals surface area contributed by atoms with E-state index in [1.165, 1.54) is 12.8 Å². The van der Waals surface area contributed by atoms with Crippen LogP contribution in [-0.4, -0.2) is 32.1 Å². The number of benzene rings is 1. The van der Waals surface area contributed by atoms with Crippen LogP contribution in [0.1, 0.15) is 18.4 Å². The van der Waals surface area contributed by atoms with Gasteiger partial charge >= 0.3 is 0 Å². The summed E-state index contributed by atoms with van der Waals surface area (Å²) in [7, 11) is 1.64. The van der Waals surface area contributed by atoms with Crippen molar-refractivity contribution in [1.82, 2.24) is 5.32 Å². The summed E-state index contributed by atoms with van der Waals surface area (Å²) in [5, 5.41) is 5.84. The van der Waals surface area contributed by atoms with Gasteiger partial charge in [0.25, 0.3) is 0 Å². The van der Waals surface area contributed by atoms with Gasteiger partial charge in [-0.15, -0.1) is 0 Å². The Morgan fingerprint density at radius 1 is 1.43 bits per heavy atom. The van der Waals surface area contributed by atoms with Gasteiger partial charge in [-0.3, -0.25) is 4.79 Å². The van der Waals surface area contributed by atoms with Crippen LogP contribution < -0.4 is 16.4 Å². The molecule has 0 aromatic heterocycles. The molecule has 1 aromatic carbocycles. The molecular formula is C15H22N4O2. The number of hydrogen-bond acceptors (Lipinski definition) is 3. The zero-order valence-electron chi connectivity index (χ0n) is 12.3. The standard InChI is InChI=1S/C15H22N4O2/c1-21-10-12-4-2-3-5-13(12)19-15(16)18-9-14(20)17-8-11-6-7-11/h2-5,11H,6-10H2,1H3,(H,17,20)(H3,16,18,19). The molecule has 1 aliphatic rings. The molecule has 21 heavy (non-hydrogen) atoms. The minimum atomic E-state index is -0.100. The van der Waals surface area contributed by atoms with E-state index in [9.17, 15) is 4.79 Å². The fourth-order valence-corrected chi connectivity index (χ4v) is 1.89. The van der Waals surface area contributed by atoms with Gasteiger partial charge in [0.2, 0.25) is 5.91 Å². The van der Waals surface area contributed by atoms with Gasteiger partial charge in [0.15, 0.2) is 5.96 Å². The highest BCUT2D eigenvalue weighted by Gasteiger charge is 2.21. The predicted molar refractivity (Wildman–Crippen MR) is 83.0 cm³/mol. The highest BCUT2D eigenvalue weighted by atomic mass is 16.5. The van der Waals surface area contributed by atoms with Gasteiger partial charge in [0.05, 0.1) is 6.61 Å². The Bertz CT molecular complexity index is 512. The highest BCUT2D eigenvalue weighted by molar-refractivity contribution is 5.94. The SMILES string of the molecule is COCc1ccccc1NC(N)=NCC(=O)NCC1CC1. The molecule has 1 aliphatic carbocycles. The number of methoxy groups -OCH3 is 1. The topological polar surface area (TPSA) is 88.7 Å². The highest BCUT2D eigenvalue weighted by Crippen LogP contribution is 2.27. The van der Waals surface area contributed by atoms with Crippen molar-refractivity contribution in [3.8, 4) is 0 Å². The molecule has 1 saturated carbocycles. The van der Waals surface area contributed by atoms with Crippen molar-refractivity contribution in [2.75, 3.05) is 25.5 Å². The summed E-state index contributed by atoms with van der Waals surface area (Å²) in [6.45, 7) is 1.27. The van der Waals surface area contributed by atoms with Crippen molar-refractivity contribution >= 4 is 17.6 Å². The van der Waals surface area contributed by atoms with E-state index in [4.69, 9.17) is 10.5 Å². The van der Waals surface area contributed by atoms with Gasteiger partial charge in [0, 0.05) is 24.9 Å². The molecule has 0 bridgehead atoms. The van der Waals surface area contributed by atoms with Gasteiger partial charge in [-0.1, -0.05) is 18.2 Å². The monoisotopic (exact) mass is 290 g/mol. The quantitative estimate of drug-likeness (QED) is 0.518. The molecule has 0 aliphatic heterocycles. The van der Waals surface area contributed by atoms with Crippen molar-refractivity contribution in [2.45, 2.75) is 19.4 Å². The maximum Gasteiger partial charge on any atom is 0.241 e. The number of para-hydroxylation sites is 1. The van der Waals surface area contributed by atoms with Gasteiger partial charge in [-0.25, -0.2) is 4.99 Å². The molecule has 0 heterocycles. The lowest BCUT2D eigenvalue weighted by Gasteiger charge is -2.10. The minimum Gasteiger partial charge on any atom is -0.380 e. The van der Waals surface area contributed by atoms with Crippen molar-refractivity contribution in [1.29, 1.82) is 0 Å². The average Bonchev–Trinajstić information content (AvgIpc) is 3.29. The van der Waals surface area contributed by atoms with E-state index in [0.717, 1.165) is 17.8 Å². The summed E-state index contributed by atoms with van der Waals surface area (Å²) in [6.07, 6.45) is 2.42. The van der Waals surface area contributed by atoms with E-state index in [2.05, 4.69) is 15.6 Å². The van der Waals surface area contributed by atoms with Crippen LogP contribution in [-0.2, 0) is 16.1 Å². The summed E-state index contributed by atoms with van der Waals surface area (Å²) >= 11 is 0. The third-order valence-corrected chi connectivity index (χ3v) is 3.26. The van der Waals surface area contributed by atoms with E-state index >= 15 is 0 Å². The number of nitrogens with one attached hydrogen (secondary N) is 2. The van der Waals surface area contributed by atoms with Crippen LogP contribution in [0.25, 0.3) is 0 Å². The van der Waals surface area contributed by atoms with Crippen molar-refractivity contribution < 1.29 is 9.53 Å². The Hall–Kier alpha value is -2.08. The Balaban J connectivity index is 1.83. The fourth-order valence-electron chi connectivity index (χ4n) is 1.89. The van der Waals surface area contributed by atoms with Gasteiger partial charge < -0.3 is 21.1 Å². The summed E-state index contributed by atoms with van der Waals surface area (Å²) in [5.74, 6) is 0.784. The molecule has 0 radical (unpaired) electrons. The molecule has 0 spiro atoms. The Morgan fingerprint density at radius 2 is 2.19 bits per heavy atom. The summed E-state index contributed by atoms with van der Waals surface area (Å²) in [5.41, 5.74) is 7.62. The van der Waals surface area contributed by atoms with Crippen molar-refractivity contribution in [3.05, 3.63) is 29.8 Å². The molecule has 6 nitrogen and oxygen atoms in total. The van der Waals surface area contributed by atoms with Crippen molar-refractivity contribution in [2.24, 2.45) is 16.6 Å². The van der Waals surface area contributed by atoms with Crippen LogP contribution in [0.3, 0.4) is 0 Å². The first-order valence-corrected chi connectivity index (χ1v) is 7.09. The molecule has 1 fully saturated rings. The molecule has 1 aromatic rings. The lowest BCUT2D eigenvalue weighted by molar-refractivity contribution is -0.119. The molecule has 0 atom stereocenters. The normalized spacial score (nSPS) is 14.8. The minimum absolute atomic E-state index is 0.0397. The predicted octanol–water partition coefficient (Wildman–Crippen LogP) is 1.09. The molecule has 0 unspecified atom stereocenters. The number of carbonyl (C=O) groups is 1. The van der Waals surface area contributed by atoms with E-state index in [1.54, 1.807) is 7.11 Å². The van der Waals surface area contributed by atoms with Gasteiger partial charge in [-0.05, 0) is 24.8 Å². The summed E-state index contributed by atoms with van der Waals surface area (Å²) < 4.78 is 5.12. The third-order valence-electron chi connectivity index (χ3n) is 3.26. The molecular weight excluding hydrogens is 268 g/mol. The van der Waals surface area contributed by atoms with Crippen LogP contribution in [0.5, 0.6) is 0 Å². The number of hydrogen-bond donors (Lipinski definition) is 3. The maximum atomic E-state index is 11.6. The Labute approximate surface area is 124 Å². The number of rotatable bonds is 7. The number of nitrogens with two attached hydrogens (primary N) is 1. The first-order chi connectivity index (χ1) is 10.2. The summed E-state index contributed by atoms with van der Waals surface area (Å²) in [6, 6.07) is 7.67. The fraction of sp³-hybridized carbons (Fsp3) is 0.467. The van der Waals surface area contributed by atoms with E-state index < -0.39 is 0 Å². The van der Waals surface area contributed by atoms with Gasteiger partial charge in [0.1, 0.15) is 6.54 Å². The number of guanidine groups is 1. The zero-order chi connectivity index (χ0) is 15.1. The van der Waals surface area contributed by atoms with Crippen LogP contribution >= 0.6 is 0 Å². The average molecular weight is 290 g/mol. The second kappa shape index (κ2) is 7.64. The lowest BCUT2D eigenvalue weighted by atomic mass is 10.2. The smallest absolute Gasteiger partial charge is 0.241 e. The Kier molecular flexibility index (Phi) is 5.57. The molecule has 2 rings (SSSR count). The van der Waals surface area contributed by atoms with Crippen LogP contribution in [0, 0.1) is 5.92 Å². The second-order valence-corrected chi connectivity index (χ2v) is 5.16. The maximum absolute atomic E-state index is 11.6. The van der Waals surface area contributed by atoms with Crippen molar-refractivity contribution in [3.63, 3.8) is 0 Å². The first-order valence-electron chi connectivity index (χ1n) is 7.09. The third kappa shape index (κ3) is 5.43. The number of aliphatic imine (C=N–C) groups is 1. The molecule has 6 heteroatoms. The molecule has 4 N–H and O–H groups in total. The first kappa shape index (κ1) is 15.3. The molecule has 114 valence electrons. The number of nitrogens with zero attached hydrogens (tertiary/aromatic N) is 1. The van der Waals surface area contributed by atoms with E-state index in [0.29, 0.717) is 12.5 Å². The van der Waals surface area contributed by atoms with Gasteiger partial charge in [-0.2, -0.15) is 0 Å². The number of ether oxygens (including phenoxy) is 1. The summed E-state index contributed by atoms with van der Waals surface area (Å²) in [4.78, 5) is 15.6. The lowest BCUT2D eigenvalue weighted by Crippen LogP contribution is -2.30. The second-order valence-electron chi connectivity index (χ2n) is 5.16. The van der Waals surface area contributed by atoms with Crippen LogP contribution in [0.15, 0.2) is 29.3 Å². The van der Waals surface area contributed by atoms with E-state index in [1.807, 2.05) is 24.3 Å². The number of amides is 1. The largest absolute Gasteiger partial charge is 0.380 e. The van der Waals surface area contributed by atoms with E-state index in [-0.39, 0.29) is 18.4 Å². The molecule has 1 amide bonds. The number of anilines is 1. The zero-order valence-corrected chi connectivity index (χ0v) is 12.3. The Morgan fingerprint density at radius 3 is 2.90 bits per heavy atom. The number of carbonyl (C=O) groups excluding carboxylic acids is 1. The molecule has 0 saturated heterocycles.